The van der Waals surface area contributed by atoms with Gasteiger partial charge in [-0.15, -0.1) is 11.3 Å². The van der Waals surface area contributed by atoms with E-state index in [9.17, 15) is 0 Å². The Hall–Kier alpha value is -0.870. The van der Waals surface area contributed by atoms with E-state index in [1.54, 1.807) is 11.3 Å². The summed E-state index contributed by atoms with van der Waals surface area (Å²) in [4.78, 5) is 6.47. The lowest BCUT2D eigenvalue weighted by atomic mass is 10.3. The third-order valence-corrected chi connectivity index (χ3v) is 3.28. The standard InChI is InChI=1S/C8H8N2S2/c1-5-2-6(4-11-5)7-3-10-8(9)12-7/h2-4H,1H3,(H2,9,10). The lowest BCUT2D eigenvalue weighted by Gasteiger charge is -1.85. The van der Waals surface area contributed by atoms with Crippen molar-refractivity contribution >= 4 is 27.8 Å². The molecule has 4 heteroatoms. The SMILES string of the molecule is Cc1cc(-c2cnc(N)s2)cs1. The van der Waals surface area contributed by atoms with Crippen molar-refractivity contribution in [3.8, 4) is 10.4 Å². The molecule has 2 N–H and O–H groups in total. The van der Waals surface area contributed by atoms with E-state index >= 15 is 0 Å². The molecule has 0 amide bonds. The van der Waals surface area contributed by atoms with Gasteiger partial charge in [-0.3, -0.25) is 0 Å². The molecule has 0 spiro atoms. The van der Waals surface area contributed by atoms with E-state index in [1.165, 1.54) is 21.8 Å². The van der Waals surface area contributed by atoms with Crippen LogP contribution in [0.5, 0.6) is 0 Å². The fourth-order valence-corrected chi connectivity index (χ4v) is 2.44. The summed E-state index contributed by atoms with van der Waals surface area (Å²) < 4.78 is 0. The molecule has 0 aliphatic heterocycles. The maximum atomic E-state index is 5.53. The number of hydrogen-bond donors (Lipinski definition) is 1. The molecule has 0 aliphatic carbocycles. The van der Waals surface area contributed by atoms with Crippen LogP contribution in [-0.2, 0) is 0 Å². The third-order valence-electron chi connectivity index (χ3n) is 1.54. The second kappa shape index (κ2) is 2.88. The number of nitrogens with zero attached hydrogens (tertiary/aromatic N) is 1. The molecule has 0 fully saturated rings. The van der Waals surface area contributed by atoms with E-state index < -0.39 is 0 Å². The van der Waals surface area contributed by atoms with Gasteiger partial charge in [0, 0.05) is 16.6 Å². The highest BCUT2D eigenvalue weighted by molar-refractivity contribution is 7.19. The summed E-state index contributed by atoms with van der Waals surface area (Å²) in [5.41, 5.74) is 6.76. The maximum absolute atomic E-state index is 5.53. The Labute approximate surface area is 78.7 Å². The van der Waals surface area contributed by atoms with Crippen molar-refractivity contribution in [2.24, 2.45) is 0 Å². The number of nitrogen functional groups attached to an aromatic ring is 1. The zero-order valence-corrected chi connectivity index (χ0v) is 8.21. The first-order valence-corrected chi connectivity index (χ1v) is 5.22. The lowest BCUT2D eigenvalue weighted by Crippen LogP contribution is -1.77. The minimum absolute atomic E-state index is 0.633. The van der Waals surface area contributed by atoms with Crippen LogP contribution in [0.15, 0.2) is 17.6 Å². The van der Waals surface area contributed by atoms with Crippen molar-refractivity contribution in [1.29, 1.82) is 0 Å². The van der Waals surface area contributed by atoms with Gasteiger partial charge in [0.2, 0.25) is 0 Å². The van der Waals surface area contributed by atoms with Crippen molar-refractivity contribution in [3.63, 3.8) is 0 Å². The number of anilines is 1. The summed E-state index contributed by atoms with van der Waals surface area (Å²) in [6, 6.07) is 2.15. The second-order valence-corrected chi connectivity index (χ2v) is 4.69. The average Bonchev–Trinajstić information content (AvgIpc) is 2.58. The summed E-state index contributed by atoms with van der Waals surface area (Å²) in [6.45, 7) is 2.10. The van der Waals surface area contributed by atoms with Crippen LogP contribution in [0.2, 0.25) is 0 Å². The third kappa shape index (κ3) is 1.35. The topological polar surface area (TPSA) is 38.9 Å². The summed E-state index contributed by atoms with van der Waals surface area (Å²) in [6.07, 6.45) is 1.82. The molecule has 0 unspecified atom stereocenters. The molecule has 0 radical (unpaired) electrons. The molecule has 2 aromatic heterocycles. The first kappa shape index (κ1) is 7.76. The minimum atomic E-state index is 0.633. The van der Waals surface area contributed by atoms with Gasteiger partial charge in [-0.05, 0) is 18.4 Å². The highest BCUT2D eigenvalue weighted by atomic mass is 32.1. The number of thiazole rings is 1. The Morgan fingerprint density at radius 1 is 1.50 bits per heavy atom. The van der Waals surface area contributed by atoms with E-state index in [4.69, 9.17) is 5.73 Å². The zero-order valence-electron chi connectivity index (χ0n) is 6.57. The number of aryl methyl sites for hydroxylation is 1. The van der Waals surface area contributed by atoms with Gasteiger partial charge in [0.25, 0.3) is 0 Å². The summed E-state index contributed by atoms with van der Waals surface area (Å²) >= 11 is 3.27. The average molecular weight is 196 g/mol. The molecule has 0 aliphatic rings. The van der Waals surface area contributed by atoms with Crippen LogP contribution in [0.4, 0.5) is 5.13 Å². The van der Waals surface area contributed by atoms with Crippen molar-refractivity contribution in [1.82, 2.24) is 4.98 Å². The molecule has 0 atom stereocenters. The zero-order chi connectivity index (χ0) is 8.55. The largest absolute Gasteiger partial charge is 0.375 e. The monoisotopic (exact) mass is 196 g/mol. The van der Waals surface area contributed by atoms with Crippen LogP contribution < -0.4 is 5.73 Å². The predicted molar refractivity (Wildman–Crippen MR) is 54.6 cm³/mol. The van der Waals surface area contributed by atoms with Crippen LogP contribution in [0.3, 0.4) is 0 Å². The van der Waals surface area contributed by atoms with Crippen LogP contribution in [0.25, 0.3) is 10.4 Å². The Bertz CT molecular complexity index is 351. The Morgan fingerprint density at radius 2 is 2.33 bits per heavy atom. The highest BCUT2D eigenvalue weighted by Crippen LogP contribution is 2.30. The molecule has 0 bridgehead atoms. The normalized spacial score (nSPS) is 10.4. The Balaban J connectivity index is 2.43. The molecule has 2 aromatic rings. The summed E-state index contributed by atoms with van der Waals surface area (Å²) in [7, 11) is 0. The Kier molecular flexibility index (Phi) is 1.86. The predicted octanol–water partition coefficient (Wildman–Crippen LogP) is 2.76. The minimum Gasteiger partial charge on any atom is -0.375 e. The number of thiophene rings is 1. The van der Waals surface area contributed by atoms with Crippen molar-refractivity contribution in [3.05, 3.63) is 22.5 Å². The van der Waals surface area contributed by atoms with Gasteiger partial charge < -0.3 is 5.73 Å². The van der Waals surface area contributed by atoms with E-state index in [0.29, 0.717) is 5.13 Å². The van der Waals surface area contributed by atoms with Gasteiger partial charge in [-0.2, -0.15) is 0 Å². The fourth-order valence-electron chi connectivity index (χ4n) is 0.994. The molecule has 2 heterocycles. The molecule has 0 saturated heterocycles. The fraction of sp³-hybridized carbons (Fsp3) is 0.125. The smallest absolute Gasteiger partial charge is 0.180 e. The molecule has 2 nitrogen and oxygen atoms in total. The van der Waals surface area contributed by atoms with Crippen LogP contribution in [0.1, 0.15) is 4.88 Å². The van der Waals surface area contributed by atoms with Gasteiger partial charge in [-0.25, -0.2) is 4.98 Å². The van der Waals surface area contributed by atoms with Crippen molar-refractivity contribution in [2.45, 2.75) is 6.92 Å². The summed E-state index contributed by atoms with van der Waals surface area (Å²) in [5, 5.41) is 2.76. The van der Waals surface area contributed by atoms with Gasteiger partial charge in [0.1, 0.15) is 0 Å². The van der Waals surface area contributed by atoms with Crippen LogP contribution in [-0.4, -0.2) is 4.98 Å². The maximum Gasteiger partial charge on any atom is 0.180 e. The molecule has 0 aromatic carbocycles. The van der Waals surface area contributed by atoms with Gasteiger partial charge in [0.05, 0.1) is 4.88 Å². The summed E-state index contributed by atoms with van der Waals surface area (Å²) in [5.74, 6) is 0. The highest BCUT2D eigenvalue weighted by Gasteiger charge is 2.02. The van der Waals surface area contributed by atoms with Gasteiger partial charge in [-0.1, -0.05) is 11.3 Å². The number of hydrogen-bond acceptors (Lipinski definition) is 4. The number of nitrogens with two attached hydrogens (primary N) is 1. The number of aromatic nitrogens is 1. The first-order valence-electron chi connectivity index (χ1n) is 3.52. The van der Waals surface area contributed by atoms with E-state index in [2.05, 4.69) is 23.4 Å². The van der Waals surface area contributed by atoms with Crippen LogP contribution >= 0.6 is 22.7 Å². The molecule has 0 saturated carbocycles. The first-order chi connectivity index (χ1) is 5.75. The Morgan fingerprint density at radius 3 is 2.83 bits per heavy atom. The molecule has 2 rings (SSSR count). The van der Waals surface area contributed by atoms with E-state index in [0.717, 1.165) is 4.88 Å². The second-order valence-electron chi connectivity index (χ2n) is 2.51. The number of rotatable bonds is 1. The van der Waals surface area contributed by atoms with Gasteiger partial charge in [0.15, 0.2) is 5.13 Å². The lowest BCUT2D eigenvalue weighted by molar-refractivity contribution is 1.43. The molecular formula is C8H8N2S2. The van der Waals surface area contributed by atoms with E-state index in [1.807, 2.05) is 6.20 Å². The van der Waals surface area contributed by atoms with Crippen molar-refractivity contribution < 1.29 is 0 Å². The van der Waals surface area contributed by atoms with E-state index in [-0.39, 0.29) is 0 Å². The molecule has 12 heavy (non-hydrogen) atoms. The quantitative estimate of drug-likeness (QED) is 0.761. The van der Waals surface area contributed by atoms with Crippen LogP contribution in [0, 0.1) is 6.92 Å². The molecule has 62 valence electrons. The van der Waals surface area contributed by atoms with Crippen molar-refractivity contribution in [2.75, 3.05) is 5.73 Å². The molecular weight excluding hydrogens is 188 g/mol. The van der Waals surface area contributed by atoms with Gasteiger partial charge >= 0.3 is 0 Å².